The van der Waals surface area contributed by atoms with Gasteiger partial charge < -0.3 is 10.1 Å². The van der Waals surface area contributed by atoms with Crippen LogP contribution in [-0.2, 0) is 0 Å². The van der Waals surface area contributed by atoms with Crippen molar-refractivity contribution in [1.82, 2.24) is 5.32 Å². The molecule has 0 radical (unpaired) electrons. The lowest BCUT2D eigenvalue weighted by Gasteiger charge is -2.22. The number of para-hydroxylation sites is 1. The number of hydrogen-bond acceptors (Lipinski definition) is 2. The third kappa shape index (κ3) is 3.82. The zero-order valence-corrected chi connectivity index (χ0v) is 12.8. The minimum absolute atomic E-state index is 0.0736. The van der Waals surface area contributed by atoms with Gasteiger partial charge in [-0.3, -0.25) is 0 Å². The molecule has 0 aromatic heterocycles. The van der Waals surface area contributed by atoms with Crippen molar-refractivity contribution in [3.05, 3.63) is 65.0 Å². The molecule has 0 bridgehead atoms. The minimum Gasteiger partial charge on any atom is -0.496 e. The van der Waals surface area contributed by atoms with Crippen LogP contribution >= 0.6 is 0 Å². The number of benzene rings is 2. The number of methoxy groups -OCH3 is 1. The van der Waals surface area contributed by atoms with Gasteiger partial charge in [0.2, 0.25) is 0 Å². The molecule has 2 rings (SSSR count). The maximum Gasteiger partial charge on any atom is 0.123 e. The summed E-state index contributed by atoms with van der Waals surface area (Å²) in [7, 11) is 1.66. The Bertz CT molecular complexity index is 577. The van der Waals surface area contributed by atoms with E-state index in [1.807, 2.05) is 37.3 Å². The van der Waals surface area contributed by atoms with E-state index in [9.17, 15) is 4.39 Å². The summed E-state index contributed by atoms with van der Waals surface area (Å²) in [5, 5.41) is 3.48. The Labute approximate surface area is 126 Å². The van der Waals surface area contributed by atoms with E-state index in [1.165, 1.54) is 0 Å². The molecule has 2 aromatic carbocycles. The van der Waals surface area contributed by atoms with E-state index in [1.54, 1.807) is 19.2 Å². The fourth-order valence-electron chi connectivity index (χ4n) is 2.53. The van der Waals surface area contributed by atoms with E-state index < -0.39 is 0 Å². The molecule has 3 heteroatoms. The van der Waals surface area contributed by atoms with Crippen LogP contribution in [0.4, 0.5) is 4.39 Å². The zero-order valence-electron chi connectivity index (χ0n) is 12.8. The lowest BCUT2D eigenvalue weighted by molar-refractivity contribution is 0.403. The number of rotatable bonds is 6. The van der Waals surface area contributed by atoms with E-state index >= 15 is 0 Å². The molecule has 0 amide bonds. The highest BCUT2D eigenvalue weighted by Gasteiger charge is 2.18. The molecular weight excluding hydrogens is 265 g/mol. The Morgan fingerprint density at radius 2 is 1.95 bits per heavy atom. The first kappa shape index (κ1) is 15.5. The summed E-state index contributed by atoms with van der Waals surface area (Å²) in [5.74, 6) is 0.608. The standard InChI is InChI=1S/C18H22FNO/c1-4-9-20-18(14-10-13(2)11-15(19)12-14)16-7-5-6-8-17(16)21-3/h5-8,10-12,18,20H,4,9H2,1-3H3. The Kier molecular flexibility index (Phi) is 5.34. The molecule has 0 saturated heterocycles. The summed E-state index contributed by atoms with van der Waals surface area (Å²) in [6.45, 7) is 4.88. The van der Waals surface area contributed by atoms with Crippen molar-refractivity contribution in [2.24, 2.45) is 0 Å². The smallest absolute Gasteiger partial charge is 0.123 e. The van der Waals surface area contributed by atoms with Crippen LogP contribution in [-0.4, -0.2) is 13.7 Å². The molecule has 1 unspecified atom stereocenters. The highest BCUT2D eigenvalue weighted by atomic mass is 19.1. The van der Waals surface area contributed by atoms with Crippen molar-refractivity contribution in [2.45, 2.75) is 26.3 Å². The highest BCUT2D eigenvalue weighted by Crippen LogP contribution is 2.30. The molecular formula is C18H22FNO. The summed E-state index contributed by atoms with van der Waals surface area (Å²) in [6.07, 6.45) is 1.01. The maximum absolute atomic E-state index is 13.7. The van der Waals surface area contributed by atoms with Gasteiger partial charge in [-0.25, -0.2) is 4.39 Å². The topological polar surface area (TPSA) is 21.3 Å². The van der Waals surface area contributed by atoms with E-state index in [0.717, 1.165) is 35.4 Å². The van der Waals surface area contributed by atoms with Crippen molar-refractivity contribution in [1.29, 1.82) is 0 Å². The van der Waals surface area contributed by atoms with Gasteiger partial charge >= 0.3 is 0 Å². The number of halogens is 1. The molecule has 0 aliphatic rings. The quantitative estimate of drug-likeness (QED) is 0.858. The van der Waals surface area contributed by atoms with Gasteiger partial charge in [0.1, 0.15) is 11.6 Å². The molecule has 0 saturated carbocycles. The average Bonchev–Trinajstić information content (AvgIpc) is 2.47. The zero-order chi connectivity index (χ0) is 15.2. The van der Waals surface area contributed by atoms with Crippen LogP contribution in [0.15, 0.2) is 42.5 Å². The summed E-state index contributed by atoms with van der Waals surface area (Å²) in [4.78, 5) is 0. The average molecular weight is 287 g/mol. The summed E-state index contributed by atoms with van der Waals surface area (Å²) >= 11 is 0. The number of ether oxygens (including phenoxy) is 1. The van der Waals surface area contributed by atoms with Gasteiger partial charge in [-0.1, -0.05) is 31.2 Å². The Morgan fingerprint density at radius 1 is 1.19 bits per heavy atom. The predicted molar refractivity (Wildman–Crippen MR) is 84.3 cm³/mol. The lowest BCUT2D eigenvalue weighted by atomic mass is 9.96. The molecule has 1 N–H and O–H groups in total. The number of aryl methyl sites for hydroxylation is 1. The first-order valence-corrected chi connectivity index (χ1v) is 7.29. The first-order valence-electron chi connectivity index (χ1n) is 7.29. The third-order valence-corrected chi connectivity index (χ3v) is 3.45. The first-order chi connectivity index (χ1) is 10.2. The maximum atomic E-state index is 13.7. The van der Waals surface area contributed by atoms with Gasteiger partial charge in [0.25, 0.3) is 0 Å². The molecule has 2 aromatic rings. The summed E-state index contributed by atoms with van der Waals surface area (Å²) in [5.41, 5.74) is 2.87. The van der Waals surface area contributed by atoms with Crippen molar-refractivity contribution in [2.75, 3.05) is 13.7 Å². The second-order valence-electron chi connectivity index (χ2n) is 5.19. The van der Waals surface area contributed by atoms with Crippen LogP contribution in [0.1, 0.15) is 36.1 Å². The van der Waals surface area contributed by atoms with Crippen LogP contribution in [0, 0.1) is 12.7 Å². The molecule has 1 atom stereocenters. The Hall–Kier alpha value is -1.87. The summed E-state index contributed by atoms with van der Waals surface area (Å²) in [6, 6.07) is 12.9. The van der Waals surface area contributed by atoms with Crippen LogP contribution in [0.25, 0.3) is 0 Å². The minimum atomic E-state index is -0.205. The van der Waals surface area contributed by atoms with Gasteiger partial charge in [0.15, 0.2) is 0 Å². The van der Waals surface area contributed by atoms with Gasteiger partial charge in [0.05, 0.1) is 13.2 Å². The van der Waals surface area contributed by atoms with Crippen LogP contribution in [0.2, 0.25) is 0 Å². The van der Waals surface area contributed by atoms with Gasteiger partial charge in [0, 0.05) is 5.56 Å². The number of nitrogens with one attached hydrogen (secondary N) is 1. The summed E-state index contributed by atoms with van der Waals surface area (Å²) < 4.78 is 19.2. The Balaban J connectivity index is 2.46. The highest BCUT2D eigenvalue weighted by molar-refractivity contribution is 5.42. The van der Waals surface area contributed by atoms with Gasteiger partial charge in [-0.05, 0) is 49.2 Å². The van der Waals surface area contributed by atoms with E-state index in [0.29, 0.717) is 0 Å². The van der Waals surface area contributed by atoms with Crippen LogP contribution < -0.4 is 10.1 Å². The number of hydrogen-bond donors (Lipinski definition) is 1. The lowest BCUT2D eigenvalue weighted by Crippen LogP contribution is -2.24. The molecule has 112 valence electrons. The molecule has 2 nitrogen and oxygen atoms in total. The van der Waals surface area contributed by atoms with E-state index in [4.69, 9.17) is 4.74 Å². The normalized spacial score (nSPS) is 12.2. The Morgan fingerprint density at radius 3 is 2.62 bits per heavy atom. The molecule has 0 heterocycles. The SMILES string of the molecule is CCCNC(c1cc(C)cc(F)c1)c1ccccc1OC. The monoisotopic (exact) mass is 287 g/mol. The van der Waals surface area contributed by atoms with Crippen LogP contribution in [0.5, 0.6) is 5.75 Å². The molecule has 0 aliphatic carbocycles. The van der Waals surface area contributed by atoms with Crippen molar-refractivity contribution < 1.29 is 9.13 Å². The van der Waals surface area contributed by atoms with E-state index in [2.05, 4.69) is 12.2 Å². The molecule has 21 heavy (non-hydrogen) atoms. The fraction of sp³-hybridized carbons (Fsp3) is 0.333. The second kappa shape index (κ2) is 7.23. The van der Waals surface area contributed by atoms with Gasteiger partial charge in [-0.2, -0.15) is 0 Å². The predicted octanol–water partition coefficient (Wildman–Crippen LogP) is 4.23. The fourth-order valence-corrected chi connectivity index (χ4v) is 2.53. The van der Waals surface area contributed by atoms with Crippen molar-refractivity contribution in [3.63, 3.8) is 0 Å². The molecule has 0 aliphatic heterocycles. The molecule has 0 spiro atoms. The molecule has 0 fully saturated rings. The van der Waals surface area contributed by atoms with Gasteiger partial charge in [-0.15, -0.1) is 0 Å². The van der Waals surface area contributed by atoms with Crippen LogP contribution in [0.3, 0.4) is 0 Å². The van der Waals surface area contributed by atoms with Crippen molar-refractivity contribution >= 4 is 0 Å². The second-order valence-corrected chi connectivity index (χ2v) is 5.19. The van der Waals surface area contributed by atoms with Crippen molar-refractivity contribution in [3.8, 4) is 5.75 Å². The van der Waals surface area contributed by atoms with E-state index in [-0.39, 0.29) is 11.9 Å². The largest absolute Gasteiger partial charge is 0.496 e. The third-order valence-electron chi connectivity index (χ3n) is 3.45.